The lowest BCUT2D eigenvalue weighted by atomic mass is 9.69. The molecule has 3 fully saturated rings. The molecule has 6 heteroatoms. The molecule has 1 aliphatic heterocycles. The average Bonchev–Trinajstić information content (AvgIpc) is 2.80. The van der Waals surface area contributed by atoms with Gasteiger partial charge in [-0.25, -0.2) is 0 Å². The predicted octanol–water partition coefficient (Wildman–Crippen LogP) is 6.06. The fourth-order valence-electron chi connectivity index (χ4n) is 6.06. The quantitative estimate of drug-likeness (QED) is 0.511. The molecule has 2 saturated carbocycles. The minimum Gasteiger partial charge on any atom is -0.482 e. The van der Waals surface area contributed by atoms with E-state index >= 15 is 0 Å². The molecule has 6 atom stereocenters. The van der Waals surface area contributed by atoms with E-state index in [4.69, 9.17) is 16.3 Å². The number of hydrogen-bond acceptors (Lipinski definition) is 3. The van der Waals surface area contributed by atoms with E-state index in [0.717, 1.165) is 37.7 Å². The summed E-state index contributed by atoms with van der Waals surface area (Å²) in [5.41, 5.74) is 1.00. The predicted molar refractivity (Wildman–Crippen MR) is 141 cm³/mol. The van der Waals surface area contributed by atoms with Crippen LogP contribution in [0, 0.1) is 23.2 Å². The van der Waals surface area contributed by atoms with E-state index in [1.807, 2.05) is 12.1 Å². The second kappa shape index (κ2) is 10.5. The molecule has 0 bridgehead atoms. The number of amides is 2. The van der Waals surface area contributed by atoms with Crippen molar-refractivity contribution in [3.05, 3.63) is 40.6 Å². The first-order valence-electron chi connectivity index (χ1n) is 13.3. The smallest absolute Gasteiger partial charge is 0.289 e. The molecule has 2 aliphatic carbocycles. The van der Waals surface area contributed by atoms with Gasteiger partial charge in [0.2, 0.25) is 5.91 Å². The highest BCUT2D eigenvalue weighted by atomic mass is 35.5. The fourth-order valence-corrected chi connectivity index (χ4v) is 6.19. The van der Waals surface area contributed by atoms with Gasteiger partial charge in [0.05, 0.1) is 6.04 Å². The molecule has 5 nitrogen and oxygen atoms in total. The summed E-state index contributed by atoms with van der Waals surface area (Å²) in [6.07, 6.45) is 7.85. The molecule has 0 aromatic heterocycles. The van der Waals surface area contributed by atoms with Crippen molar-refractivity contribution in [3.8, 4) is 0 Å². The largest absolute Gasteiger partial charge is 0.482 e. The van der Waals surface area contributed by atoms with Gasteiger partial charge in [0.25, 0.3) is 5.91 Å². The maximum absolute atomic E-state index is 13.7. The molecule has 192 valence electrons. The number of nitrogens with one attached hydrogen (secondary N) is 1. The first kappa shape index (κ1) is 26.1. The lowest BCUT2D eigenvalue weighted by Crippen LogP contribution is -2.59. The molecule has 1 heterocycles. The number of ether oxygens (including phenoxy) is 1. The number of benzene rings is 1. The average molecular weight is 501 g/mol. The molecule has 2 amide bonds. The number of carbonyl (C=O) groups is 2. The first-order chi connectivity index (χ1) is 16.5. The molecule has 0 radical (unpaired) electrons. The van der Waals surface area contributed by atoms with Crippen LogP contribution in [0.3, 0.4) is 0 Å². The van der Waals surface area contributed by atoms with Gasteiger partial charge in [-0.3, -0.25) is 9.59 Å². The summed E-state index contributed by atoms with van der Waals surface area (Å²) >= 11 is 6.03. The summed E-state index contributed by atoms with van der Waals surface area (Å²) in [5.74, 6) is 1.58. The molecular formula is C29H41ClN2O3. The highest BCUT2D eigenvalue weighted by Crippen LogP contribution is 2.43. The van der Waals surface area contributed by atoms with Crippen LogP contribution < -0.4 is 5.32 Å². The number of nitrogens with zero attached hydrogens (tertiary/aromatic N) is 1. The van der Waals surface area contributed by atoms with Gasteiger partial charge in [-0.1, -0.05) is 71.2 Å². The third-order valence-electron chi connectivity index (χ3n) is 8.66. The Balaban J connectivity index is 1.56. The van der Waals surface area contributed by atoms with Crippen LogP contribution in [0.25, 0.3) is 6.08 Å². The minimum atomic E-state index is -0.198. The zero-order valence-corrected chi connectivity index (χ0v) is 22.6. The second-order valence-corrected chi connectivity index (χ2v) is 12.5. The maximum Gasteiger partial charge on any atom is 0.289 e. The van der Waals surface area contributed by atoms with E-state index in [1.54, 1.807) is 23.1 Å². The maximum atomic E-state index is 13.7. The standard InChI is InChI=1S/C29H41ClN2O3/c1-18-7-6-8-23(19(18)2)31-27(33)17-32-24-16-21(29(3,4)5)11-14-25(24)35-26(28(32)34)15-20-9-12-22(30)13-10-20/h9-10,12-13,15,18-19,21,23-25H,6-8,11,14,16-17H2,1-5H3,(H,31,33)/b26-15+. The van der Waals surface area contributed by atoms with Crippen LogP contribution in [0.4, 0.5) is 0 Å². The fraction of sp³-hybridized carbons (Fsp3) is 0.655. The second-order valence-electron chi connectivity index (χ2n) is 12.0. The first-order valence-corrected chi connectivity index (χ1v) is 13.6. The topological polar surface area (TPSA) is 58.6 Å². The van der Waals surface area contributed by atoms with Crippen LogP contribution in [-0.2, 0) is 14.3 Å². The summed E-state index contributed by atoms with van der Waals surface area (Å²) in [4.78, 5) is 28.7. The minimum absolute atomic E-state index is 0.0614. The Morgan fingerprint density at radius 2 is 1.86 bits per heavy atom. The molecule has 3 aliphatic rings. The number of rotatable bonds is 4. The SMILES string of the molecule is CC1CCCC(NC(=O)CN2C(=O)/C(=C\c3ccc(Cl)cc3)OC3CCC(C(C)(C)C)CC32)C1C. The van der Waals surface area contributed by atoms with Gasteiger partial charge in [-0.15, -0.1) is 0 Å². The number of hydrogen-bond donors (Lipinski definition) is 1. The lowest BCUT2D eigenvalue weighted by molar-refractivity contribution is -0.154. The van der Waals surface area contributed by atoms with E-state index in [9.17, 15) is 9.59 Å². The zero-order chi connectivity index (χ0) is 25.3. The third-order valence-corrected chi connectivity index (χ3v) is 8.92. The Labute approximate surface area is 215 Å². The van der Waals surface area contributed by atoms with Crippen LogP contribution >= 0.6 is 11.6 Å². The van der Waals surface area contributed by atoms with E-state index in [1.165, 1.54) is 6.42 Å². The molecule has 4 rings (SSSR count). The summed E-state index contributed by atoms with van der Waals surface area (Å²) in [6, 6.07) is 7.44. The number of carbonyl (C=O) groups excluding carboxylic acids is 2. The van der Waals surface area contributed by atoms with Crippen LogP contribution in [0.15, 0.2) is 30.0 Å². The Morgan fingerprint density at radius 3 is 2.54 bits per heavy atom. The van der Waals surface area contributed by atoms with Crippen molar-refractivity contribution >= 4 is 29.5 Å². The van der Waals surface area contributed by atoms with Crippen molar-refractivity contribution in [2.75, 3.05) is 6.54 Å². The summed E-state index contributed by atoms with van der Waals surface area (Å²) in [6.45, 7) is 11.4. The number of fused-ring (bicyclic) bond motifs is 1. The van der Waals surface area contributed by atoms with E-state index in [0.29, 0.717) is 28.5 Å². The molecule has 0 spiro atoms. The van der Waals surface area contributed by atoms with Crippen LogP contribution in [0.2, 0.25) is 5.02 Å². The monoisotopic (exact) mass is 500 g/mol. The summed E-state index contributed by atoms with van der Waals surface area (Å²) in [7, 11) is 0. The van der Waals surface area contributed by atoms with Crippen molar-refractivity contribution in [3.63, 3.8) is 0 Å². The molecule has 1 aromatic rings. The summed E-state index contributed by atoms with van der Waals surface area (Å²) < 4.78 is 6.30. The highest BCUT2D eigenvalue weighted by molar-refractivity contribution is 6.30. The highest BCUT2D eigenvalue weighted by Gasteiger charge is 2.46. The molecule has 1 saturated heterocycles. The zero-order valence-electron chi connectivity index (χ0n) is 21.9. The normalized spacial score (nSPS) is 32.7. The third kappa shape index (κ3) is 6.04. The molecule has 35 heavy (non-hydrogen) atoms. The van der Waals surface area contributed by atoms with Crippen molar-refractivity contribution in [2.45, 2.75) is 91.3 Å². The Kier molecular flexibility index (Phi) is 7.85. The van der Waals surface area contributed by atoms with Gasteiger partial charge >= 0.3 is 0 Å². The van der Waals surface area contributed by atoms with E-state index in [-0.39, 0.29) is 42.0 Å². The van der Waals surface area contributed by atoms with Crippen molar-refractivity contribution < 1.29 is 14.3 Å². The Hall–Kier alpha value is -2.01. The number of morpholine rings is 1. The van der Waals surface area contributed by atoms with Gasteiger partial charge in [0, 0.05) is 11.1 Å². The van der Waals surface area contributed by atoms with Crippen LogP contribution in [0.5, 0.6) is 0 Å². The van der Waals surface area contributed by atoms with E-state index in [2.05, 4.69) is 39.9 Å². The molecule has 1 N–H and O–H groups in total. The van der Waals surface area contributed by atoms with Crippen molar-refractivity contribution in [1.82, 2.24) is 10.2 Å². The lowest BCUT2D eigenvalue weighted by Gasteiger charge is -2.48. The van der Waals surface area contributed by atoms with Gasteiger partial charge in [0.1, 0.15) is 12.6 Å². The molecule has 6 unspecified atom stereocenters. The van der Waals surface area contributed by atoms with E-state index < -0.39 is 0 Å². The summed E-state index contributed by atoms with van der Waals surface area (Å²) in [5, 5.41) is 3.91. The van der Waals surface area contributed by atoms with Crippen LogP contribution in [-0.4, -0.2) is 41.4 Å². The van der Waals surface area contributed by atoms with Gasteiger partial charge in [-0.05, 0) is 72.6 Å². The van der Waals surface area contributed by atoms with Gasteiger partial charge in [-0.2, -0.15) is 0 Å². The molecular weight excluding hydrogens is 460 g/mol. The van der Waals surface area contributed by atoms with Crippen molar-refractivity contribution in [2.24, 2.45) is 23.2 Å². The van der Waals surface area contributed by atoms with Crippen molar-refractivity contribution in [1.29, 1.82) is 0 Å². The number of halogens is 1. The van der Waals surface area contributed by atoms with Crippen LogP contribution in [0.1, 0.15) is 78.7 Å². The van der Waals surface area contributed by atoms with Gasteiger partial charge < -0.3 is 15.0 Å². The Morgan fingerprint density at radius 1 is 1.14 bits per heavy atom. The molecule has 1 aromatic carbocycles. The Bertz CT molecular complexity index is 952. The van der Waals surface area contributed by atoms with Gasteiger partial charge in [0.15, 0.2) is 5.76 Å².